The largest absolute Gasteiger partial charge is 0.361 e. The molecule has 1 unspecified atom stereocenters. The Morgan fingerprint density at radius 3 is 2.38 bits per heavy atom. The number of piperidine rings is 1. The van der Waals surface area contributed by atoms with Crippen LogP contribution in [0.4, 0.5) is 16.3 Å². The lowest BCUT2D eigenvalue weighted by molar-refractivity contribution is -0.121. The number of aromatic amines is 1. The summed E-state index contributed by atoms with van der Waals surface area (Å²) in [7, 11) is 0. The number of aromatic nitrogens is 3. The number of fused-ring (bicyclic) bond motifs is 1. The minimum atomic E-state index is -0.359. The highest BCUT2D eigenvalue weighted by Gasteiger charge is 2.31. The lowest BCUT2D eigenvalue weighted by Crippen LogP contribution is -2.34. The Hall–Kier alpha value is -4.69. The van der Waals surface area contributed by atoms with Gasteiger partial charge in [-0.1, -0.05) is 68.8 Å². The molecular weight excluding hydrogens is 560 g/mol. The first-order chi connectivity index (χ1) is 21.7. The van der Waals surface area contributed by atoms with Crippen molar-refractivity contribution in [2.75, 3.05) is 23.7 Å². The van der Waals surface area contributed by atoms with Gasteiger partial charge in [-0.05, 0) is 80.2 Å². The van der Waals surface area contributed by atoms with Gasteiger partial charge in [0.25, 0.3) is 0 Å². The van der Waals surface area contributed by atoms with E-state index in [1.165, 1.54) is 0 Å². The molecule has 1 aliphatic rings. The van der Waals surface area contributed by atoms with Gasteiger partial charge in [-0.2, -0.15) is 5.10 Å². The molecule has 3 heterocycles. The second-order valence-corrected chi connectivity index (χ2v) is 13.2. The number of benzene rings is 3. The highest BCUT2D eigenvalue weighted by Crippen LogP contribution is 2.34. The minimum Gasteiger partial charge on any atom is -0.361 e. The van der Waals surface area contributed by atoms with Gasteiger partial charge in [0.15, 0.2) is 0 Å². The van der Waals surface area contributed by atoms with E-state index in [2.05, 4.69) is 47.8 Å². The van der Waals surface area contributed by atoms with Gasteiger partial charge in [-0.3, -0.25) is 10.1 Å². The molecule has 0 radical (unpaired) electrons. The molecular formula is C37H42N6O2. The zero-order valence-electron chi connectivity index (χ0n) is 26.5. The van der Waals surface area contributed by atoms with E-state index in [0.29, 0.717) is 17.9 Å². The van der Waals surface area contributed by atoms with Gasteiger partial charge in [-0.15, -0.1) is 0 Å². The van der Waals surface area contributed by atoms with Gasteiger partial charge in [0.05, 0.1) is 11.4 Å². The maximum atomic E-state index is 13.9. The molecule has 2 aromatic heterocycles. The van der Waals surface area contributed by atoms with Crippen LogP contribution >= 0.6 is 0 Å². The number of hydrogen-bond donors (Lipinski definition) is 4. The molecule has 45 heavy (non-hydrogen) atoms. The quantitative estimate of drug-likeness (QED) is 0.148. The van der Waals surface area contributed by atoms with Gasteiger partial charge in [0.1, 0.15) is 11.6 Å². The number of H-pyrrole nitrogens is 1. The molecule has 2 amide bonds. The Labute approximate surface area is 264 Å². The van der Waals surface area contributed by atoms with Crippen LogP contribution in [0.5, 0.6) is 0 Å². The fourth-order valence-corrected chi connectivity index (χ4v) is 6.25. The molecule has 232 valence electrons. The smallest absolute Gasteiger partial charge is 0.324 e. The fraction of sp³-hybridized carbons (Fsp3) is 0.324. The average molecular weight is 603 g/mol. The molecule has 1 fully saturated rings. The third kappa shape index (κ3) is 6.86. The Balaban J connectivity index is 1.19. The van der Waals surface area contributed by atoms with E-state index in [4.69, 9.17) is 5.10 Å². The van der Waals surface area contributed by atoms with Gasteiger partial charge in [-0.25, -0.2) is 9.48 Å². The lowest BCUT2D eigenvalue weighted by Gasteiger charge is -2.30. The predicted molar refractivity (Wildman–Crippen MR) is 181 cm³/mol. The third-order valence-electron chi connectivity index (χ3n) is 8.77. The SMILES string of the molecule is Cc1ccc(-n2nc(C(C)(C)C)cc2NC(=O)Nc2ccc(C(C(=O)Cc3c[nH]c4ccccc34)C3CCNCC3)cc2)cc1. The number of carbonyl (C=O) groups excluding carboxylic acids is 2. The number of rotatable bonds is 8. The summed E-state index contributed by atoms with van der Waals surface area (Å²) in [6.45, 7) is 10.2. The molecule has 3 aromatic carbocycles. The molecule has 0 bridgehead atoms. The second kappa shape index (κ2) is 12.7. The molecule has 0 aliphatic carbocycles. The Morgan fingerprint density at radius 2 is 1.67 bits per heavy atom. The summed E-state index contributed by atoms with van der Waals surface area (Å²) < 4.78 is 1.77. The summed E-state index contributed by atoms with van der Waals surface area (Å²) in [6, 6.07) is 25.5. The molecule has 1 saturated heterocycles. The van der Waals surface area contributed by atoms with Gasteiger partial charge in [0.2, 0.25) is 0 Å². The summed E-state index contributed by atoms with van der Waals surface area (Å²) in [5.41, 5.74) is 6.44. The van der Waals surface area contributed by atoms with Crippen LogP contribution in [0, 0.1) is 12.8 Å². The van der Waals surface area contributed by atoms with E-state index in [9.17, 15) is 9.59 Å². The van der Waals surface area contributed by atoms with Crippen molar-refractivity contribution in [2.24, 2.45) is 5.92 Å². The fourth-order valence-electron chi connectivity index (χ4n) is 6.25. The van der Waals surface area contributed by atoms with Crippen molar-refractivity contribution in [3.05, 3.63) is 107 Å². The maximum Gasteiger partial charge on any atom is 0.324 e. The van der Waals surface area contributed by atoms with E-state index in [1.54, 1.807) is 4.68 Å². The monoisotopic (exact) mass is 602 g/mol. The van der Waals surface area contributed by atoms with Crippen LogP contribution in [0.25, 0.3) is 16.6 Å². The Bertz CT molecular complexity index is 1790. The van der Waals surface area contributed by atoms with Crippen molar-refractivity contribution >= 4 is 34.2 Å². The van der Waals surface area contributed by atoms with Crippen molar-refractivity contribution in [1.82, 2.24) is 20.1 Å². The Morgan fingerprint density at radius 1 is 0.956 bits per heavy atom. The normalized spacial score (nSPS) is 14.8. The molecule has 8 heteroatoms. The number of nitrogens with one attached hydrogen (secondary N) is 4. The van der Waals surface area contributed by atoms with Crippen LogP contribution in [-0.4, -0.2) is 39.7 Å². The molecule has 5 aromatic rings. The summed E-state index contributed by atoms with van der Waals surface area (Å²) in [6.07, 6.45) is 4.25. The maximum absolute atomic E-state index is 13.9. The van der Waals surface area contributed by atoms with Crippen LogP contribution in [0.2, 0.25) is 0 Å². The average Bonchev–Trinajstić information content (AvgIpc) is 3.64. The highest BCUT2D eigenvalue weighted by molar-refractivity contribution is 5.99. The van der Waals surface area contributed by atoms with Gasteiger partial charge >= 0.3 is 6.03 Å². The summed E-state index contributed by atoms with van der Waals surface area (Å²) in [5.74, 6) is 0.879. The van der Waals surface area contributed by atoms with Gasteiger partial charge < -0.3 is 15.6 Å². The topological polar surface area (TPSA) is 104 Å². The van der Waals surface area contributed by atoms with E-state index >= 15 is 0 Å². The first-order valence-corrected chi connectivity index (χ1v) is 15.8. The Kier molecular flexibility index (Phi) is 8.59. The van der Waals surface area contributed by atoms with Crippen LogP contribution in [0.1, 0.15) is 61.9 Å². The van der Waals surface area contributed by atoms with Crippen molar-refractivity contribution in [1.29, 1.82) is 0 Å². The number of Topliss-reactive ketones (excluding diaryl/α,β-unsaturated/α-hetero) is 1. The number of urea groups is 1. The number of aryl methyl sites for hydroxylation is 1. The first-order valence-electron chi connectivity index (χ1n) is 15.8. The number of anilines is 2. The van der Waals surface area contributed by atoms with Gasteiger partial charge in [0, 0.05) is 46.6 Å². The van der Waals surface area contributed by atoms with Crippen molar-refractivity contribution < 1.29 is 9.59 Å². The van der Waals surface area contributed by atoms with Crippen LogP contribution in [-0.2, 0) is 16.6 Å². The summed E-state index contributed by atoms with van der Waals surface area (Å²) in [5, 5.41) is 15.3. The predicted octanol–water partition coefficient (Wildman–Crippen LogP) is 7.50. The van der Waals surface area contributed by atoms with E-state index in [0.717, 1.165) is 64.9 Å². The molecule has 1 atom stereocenters. The second-order valence-electron chi connectivity index (χ2n) is 13.2. The molecule has 0 saturated carbocycles. The van der Waals surface area contributed by atoms with Crippen LogP contribution in [0.3, 0.4) is 0 Å². The number of ketones is 1. The minimum absolute atomic E-state index is 0.185. The molecule has 6 rings (SSSR count). The molecule has 8 nitrogen and oxygen atoms in total. The zero-order valence-corrected chi connectivity index (χ0v) is 26.5. The highest BCUT2D eigenvalue weighted by atomic mass is 16.2. The van der Waals surface area contributed by atoms with Crippen molar-refractivity contribution in [3.8, 4) is 5.69 Å². The number of para-hydroxylation sites is 1. The number of nitrogens with zero attached hydrogens (tertiary/aromatic N) is 2. The lowest BCUT2D eigenvalue weighted by atomic mass is 9.76. The van der Waals surface area contributed by atoms with Crippen LogP contribution < -0.4 is 16.0 Å². The van der Waals surface area contributed by atoms with Crippen LogP contribution in [0.15, 0.2) is 85.1 Å². The van der Waals surface area contributed by atoms with Crippen molar-refractivity contribution in [2.45, 2.75) is 58.3 Å². The number of carbonyl (C=O) groups is 2. The van der Waals surface area contributed by atoms with E-state index in [-0.39, 0.29) is 29.1 Å². The van der Waals surface area contributed by atoms with Crippen molar-refractivity contribution in [3.63, 3.8) is 0 Å². The number of hydrogen-bond acceptors (Lipinski definition) is 4. The van der Waals surface area contributed by atoms with E-state index in [1.807, 2.05) is 85.9 Å². The molecule has 1 aliphatic heterocycles. The third-order valence-corrected chi connectivity index (χ3v) is 8.77. The first kappa shape index (κ1) is 30.3. The molecule has 4 N–H and O–H groups in total. The summed E-state index contributed by atoms with van der Waals surface area (Å²) in [4.78, 5) is 30.5. The zero-order chi connectivity index (χ0) is 31.6. The summed E-state index contributed by atoms with van der Waals surface area (Å²) >= 11 is 0. The number of amides is 2. The molecule has 0 spiro atoms. The standard InChI is InChI=1S/C37H42N6O2/c1-24-9-15-29(16-10-24)43-34(22-33(42-43)37(2,3)4)41-36(45)40-28-13-11-25(12-14-28)35(26-17-19-38-20-18-26)32(44)21-27-23-39-31-8-6-5-7-30(27)31/h5-16,22-23,26,35,38-39H,17-21H2,1-4H3,(H2,40,41,45). The van der Waals surface area contributed by atoms with E-state index < -0.39 is 0 Å².